The lowest BCUT2D eigenvalue weighted by Crippen LogP contribution is -2.40. The Bertz CT molecular complexity index is 846. The van der Waals surface area contributed by atoms with Gasteiger partial charge in [0.2, 0.25) is 17.7 Å². The van der Waals surface area contributed by atoms with Crippen LogP contribution in [-0.2, 0) is 14.4 Å². The summed E-state index contributed by atoms with van der Waals surface area (Å²) in [5.74, 6) is -0.434. The fourth-order valence-electron chi connectivity index (χ4n) is 5.12. The molecule has 7 heteroatoms. The van der Waals surface area contributed by atoms with Gasteiger partial charge in [-0.05, 0) is 42.2 Å². The van der Waals surface area contributed by atoms with E-state index in [-0.39, 0.29) is 53.5 Å². The van der Waals surface area contributed by atoms with E-state index in [1.807, 2.05) is 0 Å². The van der Waals surface area contributed by atoms with E-state index in [1.54, 1.807) is 0 Å². The Morgan fingerprint density at radius 1 is 1.15 bits per heavy atom. The molecule has 3 amide bonds. The van der Waals surface area contributed by atoms with Gasteiger partial charge in [-0.3, -0.25) is 19.3 Å². The Morgan fingerprint density at radius 3 is 2.35 bits per heavy atom. The molecule has 1 aromatic carbocycles. The van der Waals surface area contributed by atoms with Crippen LogP contribution < -0.4 is 5.32 Å². The predicted molar refractivity (Wildman–Crippen MR) is 93.2 cm³/mol. The third kappa shape index (κ3) is 2.14. The summed E-state index contributed by atoms with van der Waals surface area (Å²) in [6, 6.07) is 4.32. The van der Waals surface area contributed by atoms with Crippen LogP contribution in [0.1, 0.15) is 6.42 Å². The fourth-order valence-corrected chi connectivity index (χ4v) is 5.28. The number of nitrogens with zero attached hydrogens (tertiary/aromatic N) is 1. The predicted octanol–water partition coefficient (Wildman–Crippen LogP) is 2.04. The molecule has 6 nitrogen and oxygen atoms in total. The Hall–Kier alpha value is -2.34. The van der Waals surface area contributed by atoms with Crippen molar-refractivity contribution in [2.75, 3.05) is 11.9 Å². The van der Waals surface area contributed by atoms with E-state index in [4.69, 9.17) is 11.6 Å². The van der Waals surface area contributed by atoms with Crippen LogP contribution in [0.15, 0.2) is 30.4 Å². The molecule has 1 aliphatic heterocycles. The number of phenols is 1. The summed E-state index contributed by atoms with van der Waals surface area (Å²) in [6.07, 6.45) is 5.30. The monoisotopic (exact) mass is 372 g/mol. The molecular formula is C19H17ClN2O4. The van der Waals surface area contributed by atoms with Gasteiger partial charge in [0, 0.05) is 11.1 Å². The third-order valence-electron chi connectivity index (χ3n) is 6.29. The number of hydrogen-bond acceptors (Lipinski definition) is 4. The van der Waals surface area contributed by atoms with E-state index >= 15 is 0 Å². The van der Waals surface area contributed by atoms with Crippen molar-refractivity contribution in [2.24, 2.45) is 35.5 Å². The van der Waals surface area contributed by atoms with Crippen molar-refractivity contribution < 1.29 is 19.5 Å². The zero-order valence-electron chi connectivity index (χ0n) is 13.8. The van der Waals surface area contributed by atoms with Crippen LogP contribution in [0.25, 0.3) is 0 Å². The third-order valence-corrected chi connectivity index (χ3v) is 6.52. The van der Waals surface area contributed by atoms with Crippen LogP contribution in [0.4, 0.5) is 5.69 Å². The number of allylic oxidation sites excluding steroid dienone is 2. The number of aromatic hydroxyl groups is 1. The van der Waals surface area contributed by atoms with Crippen LogP contribution >= 0.6 is 11.6 Å². The van der Waals surface area contributed by atoms with Crippen molar-refractivity contribution in [1.29, 1.82) is 0 Å². The Labute approximate surface area is 154 Å². The summed E-state index contributed by atoms with van der Waals surface area (Å²) in [7, 11) is 0. The summed E-state index contributed by atoms with van der Waals surface area (Å²) < 4.78 is 0. The fraction of sp³-hybridized carbons (Fsp3) is 0.421. The Balaban J connectivity index is 1.33. The molecule has 0 spiro atoms. The molecule has 4 aliphatic carbocycles. The van der Waals surface area contributed by atoms with Gasteiger partial charge >= 0.3 is 0 Å². The molecule has 0 aromatic heterocycles. The number of carbonyl (C=O) groups is 3. The summed E-state index contributed by atoms with van der Waals surface area (Å²) in [4.78, 5) is 39.1. The van der Waals surface area contributed by atoms with Crippen LogP contribution in [0, 0.1) is 35.5 Å². The number of amides is 3. The first-order valence-corrected chi connectivity index (χ1v) is 9.15. The highest BCUT2D eigenvalue weighted by Crippen LogP contribution is 2.65. The molecule has 6 atom stereocenters. The van der Waals surface area contributed by atoms with Crippen LogP contribution in [0.5, 0.6) is 5.75 Å². The first-order chi connectivity index (χ1) is 12.5. The molecule has 0 radical (unpaired) electrons. The molecule has 2 saturated carbocycles. The van der Waals surface area contributed by atoms with Gasteiger partial charge in [-0.25, -0.2) is 0 Å². The number of phenolic OH excluding ortho intramolecular Hbond substituents is 1. The van der Waals surface area contributed by atoms with E-state index in [2.05, 4.69) is 17.5 Å². The van der Waals surface area contributed by atoms with Crippen molar-refractivity contribution in [3.05, 3.63) is 35.4 Å². The lowest BCUT2D eigenvalue weighted by Gasteiger charge is -2.37. The topological polar surface area (TPSA) is 86.7 Å². The standard InChI is InChI=1S/C19H17ClN2O4/c20-8-1-4-13(14(23)5-8)21-15(24)7-22-18(25)16-9-2-3-10(12-6-11(9)12)17(16)19(22)26/h1-5,9-12,16-17,23H,6-7H2,(H,21,24). The molecule has 1 heterocycles. The van der Waals surface area contributed by atoms with Gasteiger partial charge in [-0.2, -0.15) is 0 Å². The second kappa shape index (κ2) is 5.33. The minimum Gasteiger partial charge on any atom is -0.506 e. The molecule has 6 unspecified atom stereocenters. The summed E-state index contributed by atoms with van der Waals surface area (Å²) in [5, 5.41) is 12.7. The minimum atomic E-state index is -0.520. The van der Waals surface area contributed by atoms with Crippen molar-refractivity contribution in [1.82, 2.24) is 4.90 Å². The zero-order chi connectivity index (χ0) is 18.2. The number of anilines is 1. The molecule has 134 valence electrons. The van der Waals surface area contributed by atoms with Crippen molar-refractivity contribution in [3.63, 3.8) is 0 Å². The number of carbonyl (C=O) groups excluding carboxylic acids is 3. The van der Waals surface area contributed by atoms with E-state index < -0.39 is 5.91 Å². The number of nitrogens with one attached hydrogen (secondary N) is 1. The van der Waals surface area contributed by atoms with E-state index in [9.17, 15) is 19.5 Å². The second-order valence-corrected chi connectivity index (χ2v) is 8.06. The van der Waals surface area contributed by atoms with Crippen LogP contribution in [-0.4, -0.2) is 34.3 Å². The largest absolute Gasteiger partial charge is 0.506 e. The molecule has 2 bridgehead atoms. The maximum Gasteiger partial charge on any atom is 0.244 e. The molecule has 2 N–H and O–H groups in total. The lowest BCUT2D eigenvalue weighted by molar-refractivity contribution is -0.142. The molecule has 1 saturated heterocycles. The first kappa shape index (κ1) is 15.9. The van der Waals surface area contributed by atoms with Gasteiger partial charge in [0.1, 0.15) is 12.3 Å². The van der Waals surface area contributed by atoms with E-state index in [0.717, 1.165) is 11.3 Å². The normalized spacial score (nSPS) is 36.1. The number of likely N-dealkylation sites (tertiary alicyclic amines) is 1. The highest BCUT2D eigenvalue weighted by atomic mass is 35.5. The SMILES string of the molecule is O=C(CN1C(=O)C2C3C=CC(C4CC34)C2C1=O)Nc1ccc(Cl)cc1O. The number of imide groups is 1. The first-order valence-electron chi connectivity index (χ1n) is 8.77. The smallest absolute Gasteiger partial charge is 0.244 e. The average molecular weight is 373 g/mol. The van der Waals surface area contributed by atoms with Crippen LogP contribution in [0.2, 0.25) is 5.02 Å². The van der Waals surface area contributed by atoms with Gasteiger partial charge in [0.05, 0.1) is 17.5 Å². The molecule has 26 heavy (non-hydrogen) atoms. The van der Waals surface area contributed by atoms with Crippen LogP contribution in [0.3, 0.4) is 0 Å². The number of hydrogen-bond donors (Lipinski definition) is 2. The van der Waals surface area contributed by atoms with Gasteiger partial charge in [0.15, 0.2) is 0 Å². The minimum absolute atomic E-state index is 0.139. The Kier molecular flexibility index (Phi) is 3.26. The Morgan fingerprint density at radius 2 is 1.77 bits per heavy atom. The van der Waals surface area contributed by atoms with Gasteiger partial charge in [0.25, 0.3) is 0 Å². The number of halogens is 1. The summed E-state index contributed by atoms with van der Waals surface area (Å²) in [5.41, 5.74) is 0.193. The van der Waals surface area contributed by atoms with E-state index in [0.29, 0.717) is 16.9 Å². The maximum atomic E-state index is 12.8. The molecule has 6 rings (SSSR count). The molecule has 1 aromatic rings. The van der Waals surface area contributed by atoms with Gasteiger partial charge in [-0.1, -0.05) is 23.8 Å². The van der Waals surface area contributed by atoms with Crippen molar-refractivity contribution in [2.45, 2.75) is 6.42 Å². The highest BCUT2D eigenvalue weighted by molar-refractivity contribution is 6.30. The number of rotatable bonds is 3. The zero-order valence-corrected chi connectivity index (χ0v) is 14.5. The van der Waals surface area contributed by atoms with Crippen molar-refractivity contribution >= 4 is 35.0 Å². The van der Waals surface area contributed by atoms with Crippen molar-refractivity contribution in [3.8, 4) is 5.75 Å². The molecule has 3 fully saturated rings. The number of benzene rings is 1. The lowest BCUT2D eigenvalue weighted by atomic mass is 9.63. The van der Waals surface area contributed by atoms with Gasteiger partial charge < -0.3 is 10.4 Å². The molecular weight excluding hydrogens is 356 g/mol. The highest BCUT2D eigenvalue weighted by Gasteiger charge is 2.67. The summed E-state index contributed by atoms with van der Waals surface area (Å²) >= 11 is 5.77. The van der Waals surface area contributed by atoms with E-state index in [1.165, 1.54) is 18.2 Å². The maximum absolute atomic E-state index is 12.8. The van der Waals surface area contributed by atoms with Gasteiger partial charge in [-0.15, -0.1) is 0 Å². The molecule has 5 aliphatic rings. The summed E-state index contributed by atoms with van der Waals surface area (Å²) in [6.45, 7) is -0.332. The average Bonchev–Trinajstić information content (AvgIpc) is 3.39. The second-order valence-electron chi connectivity index (χ2n) is 7.63. The quantitative estimate of drug-likeness (QED) is 0.483.